The van der Waals surface area contributed by atoms with Gasteiger partial charge in [-0.05, 0) is 69.9 Å². The van der Waals surface area contributed by atoms with Crippen LogP contribution in [0.2, 0.25) is 0 Å². The Morgan fingerprint density at radius 2 is 0.946 bits per heavy atom. The van der Waals surface area contributed by atoms with E-state index in [1.54, 1.807) is 12.1 Å². The van der Waals surface area contributed by atoms with Crippen LogP contribution < -0.4 is 4.74 Å². The van der Waals surface area contributed by atoms with E-state index in [0.717, 1.165) is 72.3 Å². The molecule has 2 heterocycles. The average Bonchev–Trinajstić information content (AvgIpc) is 3.28. The van der Waals surface area contributed by atoms with E-state index in [4.69, 9.17) is 19.7 Å². The quantitative estimate of drug-likeness (QED) is 0.171. The van der Waals surface area contributed by atoms with Crippen LogP contribution in [0.15, 0.2) is 194 Å². The summed E-state index contributed by atoms with van der Waals surface area (Å²) in [4.78, 5) is 14.9. The lowest BCUT2D eigenvalue weighted by atomic mass is 9.63. The van der Waals surface area contributed by atoms with E-state index < -0.39 is 5.41 Å². The van der Waals surface area contributed by atoms with Gasteiger partial charge >= 0.3 is 0 Å². The summed E-state index contributed by atoms with van der Waals surface area (Å²) in [6.07, 6.45) is 0. The fourth-order valence-corrected chi connectivity index (χ4v) is 8.06. The van der Waals surface area contributed by atoms with Crippen LogP contribution in [0, 0.1) is 11.3 Å². The molecule has 5 nitrogen and oxygen atoms in total. The summed E-state index contributed by atoms with van der Waals surface area (Å²) in [7, 11) is 0. The van der Waals surface area contributed by atoms with E-state index in [1.165, 1.54) is 0 Å². The Labute approximate surface area is 324 Å². The molecule has 0 fully saturated rings. The van der Waals surface area contributed by atoms with Crippen LogP contribution >= 0.6 is 0 Å². The number of para-hydroxylation sites is 1. The van der Waals surface area contributed by atoms with Crippen LogP contribution in [0.4, 0.5) is 0 Å². The van der Waals surface area contributed by atoms with Crippen molar-refractivity contribution in [2.75, 3.05) is 0 Å². The second kappa shape index (κ2) is 13.6. The SMILES string of the molecule is N#Cc1ccc(-c2nc(-c3ccccc3)nc(-c3cccc(-c4cccc5c4Oc4cc6ccccc6cc4C5(c4ccccc4)c4ccccc4)c3)n2)cc1. The molecule has 262 valence electrons. The van der Waals surface area contributed by atoms with Crippen molar-refractivity contribution in [3.63, 3.8) is 0 Å². The summed E-state index contributed by atoms with van der Waals surface area (Å²) in [6.45, 7) is 0. The Hall–Kier alpha value is -7.68. The predicted molar refractivity (Wildman–Crippen MR) is 222 cm³/mol. The van der Waals surface area contributed by atoms with Gasteiger partial charge in [-0.15, -0.1) is 0 Å². The summed E-state index contributed by atoms with van der Waals surface area (Å²) in [5, 5.41) is 11.7. The molecule has 0 N–H and O–H groups in total. The summed E-state index contributed by atoms with van der Waals surface area (Å²) in [5.41, 5.74) is 8.85. The molecule has 1 aromatic heterocycles. The molecule has 10 rings (SSSR count). The van der Waals surface area contributed by atoms with Crippen LogP contribution in [0.3, 0.4) is 0 Å². The van der Waals surface area contributed by atoms with E-state index in [9.17, 15) is 5.26 Å². The topological polar surface area (TPSA) is 71.7 Å². The first-order valence-corrected chi connectivity index (χ1v) is 18.6. The van der Waals surface area contributed by atoms with Gasteiger partial charge in [0, 0.05) is 33.4 Å². The van der Waals surface area contributed by atoms with Gasteiger partial charge in [-0.25, -0.2) is 15.0 Å². The molecule has 1 aliphatic heterocycles. The van der Waals surface area contributed by atoms with Crippen LogP contribution in [-0.2, 0) is 5.41 Å². The van der Waals surface area contributed by atoms with Gasteiger partial charge in [0.2, 0.25) is 0 Å². The highest BCUT2D eigenvalue weighted by Gasteiger charge is 2.46. The van der Waals surface area contributed by atoms with E-state index >= 15 is 0 Å². The zero-order valence-electron chi connectivity index (χ0n) is 30.2. The summed E-state index contributed by atoms with van der Waals surface area (Å²) in [5.74, 6) is 3.28. The zero-order valence-corrected chi connectivity index (χ0v) is 30.2. The van der Waals surface area contributed by atoms with Gasteiger partial charge in [-0.2, -0.15) is 5.26 Å². The van der Waals surface area contributed by atoms with Crippen molar-refractivity contribution in [3.8, 4) is 62.9 Å². The van der Waals surface area contributed by atoms with Crippen LogP contribution in [0.5, 0.6) is 11.5 Å². The van der Waals surface area contributed by atoms with Crippen molar-refractivity contribution in [2.24, 2.45) is 0 Å². The van der Waals surface area contributed by atoms with Gasteiger partial charge in [0.1, 0.15) is 11.5 Å². The third-order valence-corrected chi connectivity index (χ3v) is 10.7. The first-order valence-electron chi connectivity index (χ1n) is 18.6. The number of nitrogens with zero attached hydrogens (tertiary/aromatic N) is 4. The zero-order chi connectivity index (χ0) is 37.5. The molecule has 0 unspecified atom stereocenters. The Balaban J connectivity index is 1.19. The number of rotatable bonds is 6. The molecule has 0 radical (unpaired) electrons. The fraction of sp³-hybridized carbons (Fsp3) is 0.0196. The maximum atomic E-state index is 9.41. The number of fused-ring (bicyclic) bond motifs is 3. The maximum absolute atomic E-state index is 9.41. The Morgan fingerprint density at radius 3 is 1.59 bits per heavy atom. The second-order valence-electron chi connectivity index (χ2n) is 13.9. The largest absolute Gasteiger partial charge is 0.456 e. The first kappa shape index (κ1) is 32.9. The third-order valence-electron chi connectivity index (χ3n) is 10.7. The maximum Gasteiger partial charge on any atom is 0.164 e. The Kier molecular flexibility index (Phi) is 8.01. The van der Waals surface area contributed by atoms with Gasteiger partial charge < -0.3 is 4.74 Å². The van der Waals surface area contributed by atoms with Crippen LogP contribution in [0.1, 0.15) is 27.8 Å². The molecular formula is C51H32N4O. The van der Waals surface area contributed by atoms with Gasteiger partial charge in [-0.3, -0.25) is 0 Å². The van der Waals surface area contributed by atoms with Gasteiger partial charge in [0.25, 0.3) is 0 Å². The molecule has 9 aromatic rings. The standard InChI is InChI=1S/C51H32N4O/c52-33-34-26-28-36(29-27-34)49-53-48(35-14-4-1-5-15-35)54-50(55-49)40-19-12-18-39(30-40)43-24-13-25-44-47(43)56-46-32-38-17-11-10-16-37(38)31-45(46)51(44,41-20-6-2-7-21-41)42-22-8-3-9-23-42/h1-32H. The minimum absolute atomic E-state index is 0.531. The van der Waals surface area contributed by atoms with Crippen molar-refractivity contribution >= 4 is 10.8 Å². The van der Waals surface area contributed by atoms with Crippen molar-refractivity contribution in [2.45, 2.75) is 5.41 Å². The van der Waals surface area contributed by atoms with E-state index in [1.807, 2.05) is 54.6 Å². The summed E-state index contributed by atoms with van der Waals surface area (Å²) in [6, 6.07) is 68.7. The van der Waals surface area contributed by atoms with Crippen molar-refractivity contribution in [1.29, 1.82) is 5.26 Å². The second-order valence-corrected chi connectivity index (χ2v) is 13.9. The Bertz CT molecular complexity index is 2900. The smallest absolute Gasteiger partial charge is 0.164 e. The number of hydrogen-bond acceptors (Lipinski definition) is 5. The highest BCUT2D eigenvalue weighted by molar-refractivity contribution is 5.89. The van der Waals surface area contributed by atoms with Crippen LogP contribution in [-0.4, -0.2) is 15.0 Å². The van der Waals surface area contributed by atoms with E-state index in [2.05, 4.69) is 133 Å². The van der Waals surface area contributed by atoms with Crippen LogP contribution in [0.25, 0.3) is 56.1 Å². The number of hydrogen-bond donors (Lipinski definition) is 0. The minimum atomic E-state index is -0.669. The lowest BCUT2D eigenvalue weighted by molar-refractivity contribution is 0.437. The third kappa shape index (κ3) is 5.52. The molecule has 0 saturated heterocycles. The average molecular weight is 717 g/mol. The Morgan fingerprint density at radius 1 is 0.429 bits per heavy atom. The molecule has 0 amide bonds. The number of ether oxygens (including phenoxy) is 1. The van der Waals surface area contributed by atoms with Crippen molar-refractivity contribution in [1.82, 2.24) is 15.0 Å². The molecule has 56 heavy (non-hydrogen) atoms. The van der Waals surface area contributed by atoms with Gasteiger partial charge in [0.05, 0.1) is 17.0 Å². The lowest BCUT2D eigenvalue weighted by Gasteiger charge is -2.42. The summed E-state index contributed by atoms with van der Waals surface area (Å²) >= 11 is 0. The molecule has 5 heteroatoms. The lowest BCUT2D eigenvalue weighted by Crippen LogP contribution is -2.34. The fourth-order valence-electron chi connectivity index (χ4n) is 8.06. The predicted octanol–water partition coefficient (Wildman–Crippen LogP) is 12.1. The molecule has 0 aliphatic carbocycles. The van der Waals surface area contributed by atoms with Crippen molar-refractivity contribution in [3.05, 3.63) is 222 Å². The number of aromatic nitrogens is 3. The van der Waals surface area contributed by atoms with E-state index in [0.29, 0.717) is 23.0 Å². The molecule has 0 atom stereocenters. The number of nitriles is 1. The minimum Gasteiger partial charge on any atom is -0.456 e. The van der Waals surface area contributed by atoms with Gasteiger partial charge in [-0.1, -0.05) is 152 Å². The highest BCUT2D eigenvalue weighted by Crippen LogP contribution is 2.58. The van der Waals surface area contributed by atoms with Crippen molar-refractivity contribution < 1.29 is 4.74 Å². The first-order chi connectivity index (χ1) is 27.7. The monoisotopic (exact) mass is 716 g/mol. The van der Waals surface area contributed by atoms with E-state index in [-0.39, 0.29) is 0 Å². The number of benzene rings is 8. The molecule has 8 aromatic carbocycles. The van der Waals surface area contributed by atoms with Gasteiger partial charge in [0.15, 0.2) is 17.5 Å². The molecule has 0 saturated carbocycles. The molecular weight excluding hydrogens is 685 g/mol. The normalized spacial score (nSPS) is 12.6. The molecule has 1 aliphatic rings. The molecule has 0 spiro atoms. The highest BCUT2D eigenvalue weighted by atomic mass is 16.5. The molecule has 0 bridgehead atoms. The summed E-state index contributed by atoms with van der Waals surface area (Å²) < 4.78 is 7.12.